The minimum Gasteiger partial charge on any atom is -0.497 e. The minimum absolute atomic E-state index is 0.00733. The maximum Gasteiger partial charge on any atom is 0.281 e. The molecule has 2 aromatic heterocycles. The van der Waals surface area contributed by atoms with Gasteiger partial charge >= 0.3 is 0 Å². The number of rotatable bonds is 6. The van der Waals surface area contributed by atoms with Crippen molar-refractivity contribution in [3.8, 4) is 17.1 Å². The van der Waals surface area contributed by atoms with E-state index in [0.717, 1.165) is 22.4 Å². The Balaban J connectivity index is 1.64. The molecule has 1 N–H and O–H groups in total. The van der Waals surface area contributed by atoms with Crippen molar-refractivity contribution in [2.24, 2.45) is 0 Å². The molecule has 2 aromatic carbocycles. The van der Waals surface area contributed by atoms with Gasteiger partial charge in [0.05, 0.1) is 7.11 Å². The zero-order valence-corrected chi connectivity index (χ0v) is 19.2. The van der Waals surface area contributed by atoms with Gasteiger partial charge in [-0.2, -0.15) is 9.67 Å². The average molecular weight is 442 g/mol. The van der Waals surface area contributed by atoms with Crippen LogP contribution in [-0.4, -0.2) is 32.8 Å². The van der Waals surface area contributed by atoms with E-state index in [0.29, 0.717) is 23.9 Å². The van der Waals surface area contributed by atoms with Crippen LogP contribution in [0.2, 0.25) is 0 Å². The second kappa shape index (κ2) is 9.24. The summed E-state index contributed by atoms with van der Waals surface area (Å²) in [6.07, 6.45) is 3.36. The molecule has 0 amide bonds. The first-order valence-corrected chi connectivity index (χ1v) is 10.7. The van der Waals surface area contributed by atoms with Crippen LogP contribution in [0.25, 0.3) is 11.4 Å². The highest BCUT2D eigenvalue weighted by molar-refractivity contribution is 5.97. The zero-order chi connectivity index (χ0) is 23.4. The number of nitrogens with zero attached hydrogens (tertiary/aromatic N) is 4. The molecule has 0 aliphatic carbocycles. The Kier molecular flexibility index (Phi) is 6.22. The Bertz CT molecular complexity index is 1220. The Morgan fingerprint density at radius 2 is 1.76 bits per heavy atom. The SMILES string of the molecule is COc1ccc(CNc2nc(-c3cccnc3)nn2C(=O)c2ccc(C(C)(C)C)cc2)cc1. The molecule has 0 atom stereocenters. The molecule has 7 nitrogen and oxygen atoms in total. The number of hydrogen-bond acceptors (Lipinski definition) is 6. The molecule has 0 aliphatic heterocycles. The number of aromatic nitrogens is 4. The zero-order valence-electron chi connectivity index (χ0n) is 19.2. The number of ether oxygens (including phenoxy) is 1. The highest BCUT2D eigenvalue weighted by Crippen LogP contribution is 2.23. The van der Waals surface area contributed by atoms with Crippen LogP contribution in [0.15, 0.2) is 73.1 Å². The number of pyridine rings is 1. The molecule has 33 heavy (non-hydrogen) atoms. The van der Waals surface area contributed by atoms with Crippen LogP contribution in [0.1, 0.15) is 42.3 Å². The van der Waals surface area contributed by atoms with Crippen LogP contribution in [0.5, 0.6) is 5.75 Å². The molecule has 0 saturated heterocycles. The van der Waals surface area contributed by atoms with Gasteiger partial charge in [-0.05, 0) is 52.9 Å². The Labute approximate surface area is 193 Å². The van der Waals surface area contributed by atoms with Crippen molar-refractivity contribution in [1.82, 2.24) is 19.7 Å². The van der Waals surface area contributed by atoms with Gasteiger partial charge in [-0.3, -0.25) is 9.78 Å². The summed E-state index contributed by atoms with van der Waals surface area (Å²) in [4.78, 5) is 22.1. The smallest absolute Gasteiger partial charge is 0.281 e. The predicted molar refractivity (Wildman–Crippen MR) is 128 cm³/mol. The fourth-order valence-corrected chi connectivity index (χ4v) is 3.35. The molecule has 168 valence electrons. The number of methoxy groups -OCH3 is 1. The third-order valence-corrected chi connectivity index (χ3v) is 5.33. The van der Waals surface area contributed by atoms with Crippen molar-refractivity contribution >= 4 is 11.9 Å². The van der Waals surface area contributed by atoms with Gasteiger partial charge < -0.3 is 10.1 Å². The maximum atomic E-state index is 13.4. The molecule has 0 spiro atoms. The maximum absolute atomic E-state index is 13.4. The fraction of sp³-hybridized carbons (Fsp3) is 0.231. The normalized spacial score (nSPS) is 11.3. The first kappa shape index (κ1) is 22.2. The lowest BCUT2D eigenvalue weighted by Crippen LogP contribution is -2.18. The molecule has 0 unspecified atom stereocenters. The number of hydrogen-bond donors (Lipinski definition) is 1. The van der Waals surface area contributed by atoms with E-state index < -0.39 is 0 Å². The largest absolute Gasteiger partial charge is 0.497 e. The summed E-state index contributed by atoms with van der Waals surface area (Å²) in [6, 6.07) is 19.0. The van der Waals surface area contributed by atoms with Gasteiger partial charge in [-0.15, -0.1) is 5.10 Å². The van der Waals surface area contributed by atoms with E-state index in [1.807, 2.05) is 60.7 Å². The first-order chi connectivity index (χ1) is 15.8. The van der Waals surface area contributed by atoms with Crippen molar-refractivity contribution in [1.29, 1.82) is 0 Å². The third kappa shape index (κ3) is 5.09. The van der Waals surface area contributed by atoms with Gasteiger partial charge in [0.2, 0.25) is 5.95 Å². The van der Waals surface area contributed by atoms with E-state index in [4.69, 9.17) is 4.74 Å². The Hall–Kier alpha value is -4.00. The van der Waals surface area contributed by atoms with Crippen LogP contribution in [0, 0.1) is 0 Å². The van der Waals surface area contributed by atoms with Crippen LogP contribution in [0.4, 0.5) is 5.95 Å². The molecular formula is C26H27N5O2. The fourth-order valence-electron chi connectivity index (χ4n) is 3.35. The van der Waals surface area contributed by atoms with Gasteiger partial charge in [0.25, 0.3) is 5.91 Å². The van der Waals surface area contributed by atoms with E-state index in [2.05, 4.69) is 41.2 Å². The van der Waals surface area contributed by atoms with E-state index in [1.165, 1.54) is 4.68 Å². The van der Waals surface area contributed by atoms with Crippen molar-refractivity contribution in [3.05, 3.63) is 89.7 Å². The molecule has 2 heterocycles. The van der Waals surface area contributed by atoms with Gasteiger partial charge in [0.1, 0.15) is 5.75 Å². The van der Waals surface area contributed by atoms with Crippen LogP contribution >= 0.6 is 0 Å². The summed E-state index contributed by atoms with van der Waals surface area (Å²) in [5.74, 6) is 1.33. The summed E-state index contributed by atoms with van der Waals surface area (Å²) in [7, 11) is 1.63. The lowest BCUT2D eigenvalue weighted by Gasteiger charge is -2.19. The van der Waals surface area contributed by atoms with Crippen molar-refractivity contribution < 1.29 is 9.53 Å². The van der Waals surface area contributed by atoms with Crippen LogP contribution in [-0.2, 0) is 12.0 Å². The molecule has 0 saturated carbocycles. The molecule has 7 heteroatoms. The highest BCUT2D eigenvalue weighted by atomic mass is 16.5. The summed E-state index contributed by atoms with van der Waals surface area (Å²) < 4.78 is 6.53. The lowest BCUT2D eigenvalue weighted by atomic mass is 9.87. The second-order valence-electron chi connectivity index (χ2n) is 8.75. The third-order valence-electron chi connectivity index (χ3n) is 5.33. The highest BCUT2D eigenvalue weighted by Gasteiger charge is 2.20. The molecule has 0 radical (unpaired) electrons. The summed E-state index contributed by atoms with van der Waals surface area (Å²) in [5.41, 5.74) is 3.47. The molecule has 0 aliphatic rings. The number of nitrogens with one attached hydrogen (secondary N) is 1. The number of carbonyl (C=O) groups is 1. The quantitative estimate of drug-likeness (QED) is 0.456. The van der Waals surface area contributed by atoms with Gasteiger partial charge in [0.15, 0.2) is 5.82 Å². The number of benzene rings is 2. The van der Waals surface area contributed by atoms with Crippen LogP contribution in [0.3, 0.4) is 0 Å². The summed E-state index contributed by atoms with van der Waals surface area (Å²) >= 11 is 0. The Morgan fingerprint density at radius 3 is 2.36 bits per heavy atom. The van der Waals surface area contributed by atoms with Crippen molar-refractivity contribution in [2.45, 2.75) is 32.7 Å². The van der Waals surface area contributed by atoms with E-state index in [1.54, 1.807) is 19.5 Å². The second-order valence-corrected chi connectivity index (χ2v) is 8.75. The van der Waals surface area contributed by atoms with Gasteiger partial charge in [-0.1, -0.05) is 45.0 Å². The molecule has 4 aromatic rings. The van der Waals surface area contributed by atoms with E-state index in [-0.39, 0.29) is 11.3 Å². The molecule has 0 fully saturated rings. The molecule has 4 rings (SSSR count). The molecule has 0 bridgehead atoms. The Morgan fingerprint density at radius 1 is 1.03 bits per heavy atom. The average Bonchev–Trinajstić information content (AvgIpc) is 3.27. The van der Waals surface area contributed by atoms with E-state index >= 15 is 0 Å². The summed E-state index contributed by atoms with van der Waals surface area (Å²) in [6.45, 7) is 6.90. The lowest BCUT2D eigenvalue weighted by molar-refractivity contribution is 0.0947. The van der Waals surface area contributed by atoms with Gasteiger partial charge in [0, 0.05) is 30.1 Å². The predicted octanol–water partition coefficient (Wildman–Crippen LogP) is 4.95. The van der Waals surface area contributed by atoms with Crippen LogP contribution < -0.4 is 10.1 Å². The minimum atomic E-state index is -0.254. The van der Waals surface area contributed by atoms with Gasteiger partial charge in [-0.25, -0.2) is 0 Å². The molecular weight excluding hydrogens is 414 g/mol. The first-order valence-electron chi connectivity index (χ1n) is 10.7. The summed E-state index contributed by atoms with van der Waals surface area (Å²) in [5, 5.41) is 7.75. The van der Waals surface area contributed by atoms with Crippen molar-refractivity contribution in [2.75, 3.05) is 12.4 Å². The number of anilines is 1. The standard InChI is InChI=1S/C26H27N5O2/c1-26(2,3)21-11-9-19(10-12-21)24(32)31-25(28-16-18-7-13-22(33-4)14-8-18)29-23(30-31)20-6-5-15-27-17-20/h5-15,17H,16H2,1-4H3,(H,28,29,30). The van der Waals surface area contributed by atoms with Crippen molar-refractivity contribution in [3.63, 3.8) is 0 Å². The topological polar surface area (TPSA) is 81.9 Å². The number of carbonyl (C=O) groups excluding carboxylic acids is 1. The van der Waals surface area contributed by atoms with E-state index in [9.17, 15) is 4.79 Å². The monoisotopic (exact) mass is 441 g/mol.